The molecular formula is C14H16O6S2-2. The Morgan fingerprint density at radius 1 is 0.818 bits per heavy atom. The topological polar surface area (TPSA) is 98.7 Å². The highest BCUT2D eigenvalue weighted by atomic mass is 32.2. The predicted molar refractivity (Wildman–Crippen MR) is 82.1 cm³/mol. The van der Waals surface area contributed by atoms with Crippen molar-refractivity contribution in [1.82, 2.24) is 0 Å². The van der Waals surface area contributed by atoms with E-state index in [-0.39, 0.29) is 11.5 Å². The van der Waals surface area contributed by atoms with Crippen molar-refractivity contribution >= 4 is 35.5 Å². The van der Waals surface area contributed by atoms with Gasteiger partial charge in [0.05, 0.1) is 25.2 Å². The summed E-state index contributed by atoms with van der Waals surface area (Å²) in [4.78, 5) is 20.4. The monoisotopic (exact) mass is 344 g/mol. The summed E-state index contributed by atoms with van der Waals surface area (Å²) in [5, 5.41) is 20.4. The summed E-state index contributed by atoms with van der Waals surface area (Å²) in [7, 11) is 0. The molecule has 0 bridgehead atoms. The third kappa shape index (κ3) is 9.41. The van der Waals surface area contributed by atoms with Crippen molar-refractivity contribution in [3.8, 4) is 11.5 Å². The lowest BCUT2D eigenvalue weighted by Crippen LogP contribution is -2.24. The number of rotatable bonds is 12. The summed E-state index contributed by atoms with van der Waals surface area (Å²) in [6.45, 7) is 0.829. The Bertz CT molecular complexity index is 420. The minimum Gasteiger partial charge on any atom is -0.549 e. The summed E-state index contributed by atoms with van der Waals surface area (Å²) in [5.74, 6) is 0.260. The van der Waals surface area contributed by atoms with Crippen LogP contribution in [0.25, 0.3) is 0 Å². The molecule has 122 valence electrons. The molecule has 8 heteroatoms. The average Bonchev–Trinajstić information content (AvgIpc) is 2.47. The van der Waals surface area contributed by atoms with Gasteiger partial charge in [0.1, 0.15) is 11.5 Å². The van der Waals surface area contributed by atoms with E-state index in [1.54, 1.807) is 24.3 Å². The van der Waals surface area contributed by atoms with Crippen LogP contribution >= 0.6 is 23.5 Å². The quantitative estimate of drug-likeness (QED) is 0.464. The van der Waals surface area contributed by atoms with Crippen LogP contribution in [0, 0.1) is 0 Å². The highest BCUT2D eigenvalue weighted by molar-refractivity contribution is 8.00. The van der Waals surface area contributed by atoms with Crippen LogP contribution in [0.3, 0.4) is 0 Å². The van der Waals surface area contributed by atoms with Crippen LogP contribution in [0.15, 0.2) is 24.3 Å². The van der Waals surface area contributed by atoms with Gasteiger partial charge < -0.3 is 29.3 Å². The van der Waals surface area contributed by atoms with E-state index in [9.17, 15) is 19.8 Å². The highest BCUT2D eigenvalue weighted by Gasteiger charge is 1.98. The van der Waals surface area contributed by atoms with Crippen LogP contribution in [-0.2, 0) is 9.59 Å². The number of carboxylic acids is 2. The molecule has 1 rings (SSSR count). The van der Waals surface area contributed by atoms with Gasteiger partial charge in [-0.2, -0.15) is 23.5 Å². The van der Waals surface area contributed by atoms with Crippen LogP contribution in [0.1, 0.15) is 0 Å². The van der Waals surface area contributed by atoms with Gasteiger partial charge in [-0.3, -0.25) is 0 Å². The summed E-state index contributed by atoms with van der Waals surface area (Å²) in [6, 6.07) is 7.03. The lowest BCUT2D eigenvalue weighted by Gasteiger charge is -2.09. The normalized spacial score (nSPS) is 10.2. The van der Waals surface area contributed by atoms with Gasteiger partial charge in [-0.05, 0) is 24.3 Å². The largest absolute Gasteiger partial charge is 0.549 e. The van der Waals surface area contributed by atoms with Gasteiger partial charge in [-0.25, -0.2) is 0 Å². The molecule has 6 nitrogen and oxygen atoms in total. The number of hydrogen-bond donors (Lipinski definition) is 0. The van der Waals surface area contributed by atoms with Crippen LogP contribution in [0.2, 0.25) is 0 Å². The molecule has 0 radical (unpaired) electrons. The van der Waals surface area contributed by atoms with Crippen molar-refractivity contribution in [2.24, 2.45) is 0 Å². The molecule has 0 aliphatic heterocycles. The Balaban J connectivity index is 2.14. The summed E-state index contributed by atoms with van der Waals surface area (Å²) in [6.07, 6.45) is 0. The number of carbonyl (C=O) groups excluding carboxylic acids is 2. The summed E-state index contributed by atoms with van der Waals surface area (Å²) in [5.41, 5.74) is 0. The summed E-state index contributed by atoms with van der Waals surface area (Å²) >= 11 is 2.48. The van der Waals surface area contributed by atoms with Crippen LogP contribution < -0.4 is 19.7 Å². The Hall–Kier alpha value is -1.54. The van der Waals surface area contributed by atoms with Gasteiger partial charge in [-0.15, -0.1) is 0 Å². The molecule has 0 saturated heterocycles. The first-order valence-corrected chi connectivity index (χ1v) is 8.79. The van der Waals surface area contributed by atoms with E-state index in [0.717, 1.165) is 0 Å². The molecule has 1 aromatic rings. The van der Waals surface area contributed by atoms with Gasteiger partial charge in [0.25, 0.3) is 0 Å². The molecule has 0 amide bonds. The number of ether oxygens (including phenoxy) is 2. The zero-order valence-corrected chi connectivity index (χ0v) is 13.5. The zero-order chi connectivity index (χ0) is 16.2. The minimum absolute atomic E-state index is 0.0356. The van der Waals surface area contributed by atoms with E-state index >= 15 is 0 Å². The maximum Gasteiger partial charge on any atom is 0.119 e. The van der Waals surface area contributed by atoms with E-state index in [4.69, 9.17) is 9.47 Å². The summed E-state index contributed by atoms with van der Waals surface area (Å²) < 4.78 is 10.9. The van der Waals surface area contributed by atoms with Crippen molar-refractivity contribution < 1.29 is 29.3 Å². The van der Waals surface area contributed by atoms with Gasteiger partial charge in [0.15, 0.2) is 0 Å². The first-order chi connectivity index (χ1) is 10.6. The molecule has 0 aliphatic carbocycles. The molecule has 0 aliphatic rings. The van der Waals surface area contributed by atoms with E-state index in [1.807, 2.05) is 0 Å². The van der Waals surface area contributed by atoms with Crippen molar-refractivity contribution in [3.63, 3.8) is 0 Å². The number of hydrogen-bond acceptors (Lipinski definition) is 8. The first-order valence-electron chi connectivity index (χ1n) is 6.49. The van der Waals surface area contributed by atoms with Crippen molar-refractivity contribution in [3.05, 3.63) is 24.3 Å². The predicted octanol–water partition coefficient (Wildman–Crippen LogP) is -0.590. The fraction of sp³-hybridized carbons (Fsp3) is 0.429. The Morgan fingerprint density at radius 3 is 1.50 bits per heavy atom. The third-order valence-electron chi connectivity index (χ3n) is 2.26. The molecule has 0 N–H and O–H groups in total. The first kappa shape index (κ1) is 18.5. The van der Waals surface area contributed by atoms with Crippen LogP contribution in [0.4, 0.5) is 0 Å². The number of carboxylic acid groups (broad SMARTS) is 2. The lowest BCUT2D eigenvalue weighted by molar-refractivity contribution is -0.302. The van der Waals surface area contributed by atoms with Crippen molar-refractivity contribution in [1.29, 1.82) is 0 Å². The molecule has 0 spiro atoms. The Labute approximate surface area is 137 Å². The number of carbonyl (C=O) groups is 2. The van der Waals surface area contributed by atoms with Gasteiger partial charge in [0, 0.05) is 23.0 Å². The molecule has 0 atom stereocenters. The minimum atomic E-state index is -1.08. The fourth-order valence-electron chi connectivity index (χ4n) is 1.38. The third-order valence-corrected chi connectivity index (χ3v) is 4.05. The van der Waals surface area contributed by atoms with Crippen molar-refractivity contribution in [2.45, 2.75) is 0 Å². The molecule has 0 saturated carbocycles. The van der Waals surface area contributed by atoms with Crippen LogP contribution in [0.5, 0.6) is 11.5 Å². The van der Waals surface area contributed by atoms with Gasteiger partial charge in [0.2, 0.25) is 0 Å². The Kier molecular flexibility index (Phi) is 9.33. The standard InChI is InChI=1S/C14H18O6S2/c15-13(16)9-21-7-5-19-11-1-2-12(4-3-11)20-6-8-22-10-14(17)18/h1-4H,5-10H2,(H,15,16)(H,17,18)/p-2. The average molecular weight is 344 g/mol. The van der Waals surface area contributed by atoms with Gasteiger partial charge >= 0.3 is 0 Å². The smallest absolute Gasteiger partial charge is 0.119 e. The molecule has 1 aromatic carbocycles. The maximum atomic E-state index is 10.2. The number of thioether (sulfide) groups is 2. The lowest BCUT2D eigenvalue weighted by atomic mass is 10.3. The van der Waals surface area contributed by atoms with E-state index in [2.05, 4.69) is 0 Å². The second-order valence-electron chi connectivity index (χ2n) is 4.02. The maximum absolute atomic E-state index is 10.2. The van der Waals surface area contributed by atoms with E-state index < -0.39 is 11.9 Å². The van der Waals surface area contributed by atoms with Gasteiger partial charge in [-0.1, -0.05) is 0 Å². The SMILES string of the molecule is O=C([O-])CSCCOc1ccc(OCCSCC(=O)[O-])cc1. The molecule has 0 unspecified atom stereocenters. The van der Waals surface area contributed by atoms with E-state index in [0.29, 0.717) is 36.2 Å². The molecule has 0 heterocycles. The van der Waals surface area contributed by atoms with Crippen molar-refractivity contribution in [2.75, 3.05) is 36.2 Å². The Morgan fingerprint density at radius 2 is 1.18 bits per heavy atom. The number of aliphatic carboxylic acids is 2. The van der Waals surface area contributed by atoms with E-state index in [1.165, 1.54) is 23.5 Å². The fourth-order valence-corrected chi connectivity index (χ4v) is 2.40. The second-order valence-corrected chi connectivity index (χ2v) is 6.23. The second kappa shape index (κ2) is 11.1. The molecule has 0 fully saturated rings. The highest BCUT2D eigenvalue weighted by Crippen LogP contribution is 2.18. The number of benzene rings is 1. The zero-order valence-electron chi connectivity index (χ0n) is 11.8. The molecule has 0 aromatic heterocycles. The van der Waals surface area contributed by atoms with Crippen LogP contribution in [-0.4, -0.2) is 48.2 Å². The molecule has 22 heavy (non-hydrogen) atoms. The molecular weight excluding hydrogens is 328 g/mol.